The lowest BCUT2D eigenvalue weighted by molar-refractivity contribution is -0.0183. The molecule has 4 fully saturated rings. The topological polar surface area (TPSA) is 9.23 Å². The van der Waals surface area contributed by atoms with E-state index >= 15 is 0 Å². The maximum Gasteiger partial charge on any atom is 0.241 e. The van der Waals surface area contributed by atoms with Crippen molar-refractivity contribution < 1.29 is 4.43 Å². The molecule has 0 radical (unpaired) electrons. The van der Waals surface area contributed by atoms with E-state index in [1.807, 2.05) is 0 Å². The van der Waals surface area contributed by atoms with Gasteiger partial charge in [-0.2, -0.15) is 0 Å². The van der Waals surface area contributed by atoms with E-state index in [0.717, 1.165) is 17.8 Å². The summed E-state index contributed by atoms with van der Waals surface area (Å²) in [6.07, 6.45) is 8.61. The van der Waals surface area contributed by atoms with Crippen molar-refractivity contribution in [1.29, 1.82) is 0 Å². The zero-order valence-corrected chi connectivity index (χ0v) is 26.7. The Balaban J connectivity index is 1.81. The monoisotopic (exact) mass is 530 g/mol. The molecule has 0 saturated heterocycles. The van der Waals surface area contributed by atoms with Crippen LogP contribution in [0.5, 0.6) is 0 Å². The Kier molecular flexibility index (Phi) is 7.01. The van der Waals surface area contributed by atoms with Crippen LogP contribution in [0.4, 0.5) is 0 Å². The van der Waals surface area contributed by atoms with E-state index in [1.165, 1.54) is 49.7 Å². The van der Waals surface area contributed by atoms with Crippen LogP contribution in [-0.2, 0) is 4.43 Å². The van der Waals surface area contributed by atoms with E-state index in [9.17, 15) is 0 Å². The average Bonchev–Trinajstić information content (AvgIpc) is 2.79. The molecule has 6 rings (SSSR count). The highest BCUT2D eigenvalue weighted by Crippen LogP contribution is 2.61. The van der Waals surface area contributed by atoms with E-state index in [4.69, 9.17) is 4.43 Å². The SMILES string of the molecule is C[Si](/C(=C(/c1ccccc1)[Si](C)(C)C)c1ccccc1)=C(\O[Si](C)(C)C)C12CC3CC(CC(C3)C1)C2. The molecule has 0 spiro atoms. The van der Waals surface area contributed by atoms with Crippen molar-refractivity contribution in [2.45, 2.75) is 84.4 Å². The van der Waals surface area contributed by atoms with Crippen molar-refractivity contribution in [3.8, 4) is 0 Å². The third kappa shape index (κ3) is 5.23. The minimum atomic E-state index is -1.77. The number of hydrogen-bond donors (Lipinski definition) is 0. The molecule has 0 N–H and O–H groups in total. The van der Waals surface area contributed by atoms with Gasteiger partial charge in [-0.3, -0.25) is 0 Å². The number of hydrogen-bond acceptors (Lipinski definition) is 1. The molecule has 192 valence electrons. The third-order valence-corrected chi connectivity index (χ3v) is 14.7. The standard InChI is InChI=1S/C32H46OSi3/c1-34(31(33-36(5,6)7)32-21-24-18-25(22-32)20-26(19-24)23-32)29(27-14-10-8-11-15-27)30(35(2,3)4)28-16-12-9-13-17-28/h8-17,24-26H,18-23H2,1-7H3/b30-29-,34-31+. The Morgan fingerprint density at radius 3 is 1.58 bits per heavy atom. The molecule has 0 aromatic heterocycles. The minimum absolute atomic E-state index is 0.319. The number of rotatable bonds is 7. The van der Waals surface area contributed by atoms with Crippen molar-refractivity contribution in [1.82, 2.24) is 0 Å². The van der Waals surface area contributed by atoms with E-state index < -0.39 is 24.8 Å². The van der Waals surface area contributed by atoms with Crippen LogP contribution in [0.15, 0.2) is 60.7 Å². The lowest BCUT2D eigenvalue weighted by Crippen LogP contribution is -2.54. The Bertz CT molecular complexity index is 1110. The summed E-state index contributed by atoms with van der Waals surface area (Å²) in [6, 6.07) is 22.7. The van der Waals surface area contributed by atoms with Crippen LogP contribution in [0.2, 0.25) is 45.8 Å². The van der Waals surface area contributed by atoms with E-state index in [-0.39, 0.29) is 0 Å². The summed E-state index contributed by atoms with van der Waals surface area (Å²) in [5, 5.41) is 4.85. The first kappa shape index (κ1) is 26.1. The van der Waals surface area contributed by atoms with E-state index in [0.29, 0.717) is 5.41 Å². The fraction of sp³-hybridized carbons (Fsp3) is 0.531. The molecule has 2 aromatic carbocycles. The molecule has 4 saturated carbocycles. The van der Waals surface area contributed by atoms with Gasteiger partial charge in [-0.1, -0.05) is 80.3 Å². The second-order valence-corrected chi connectivity index (χ2v) is 25.7. The Morgan fingerprint density at radius 1 is 0.722 bits per heavy atom. The first-order valence-electron chi connectivity index (χ1n) is 14.2. The second-order valence-electron chi connectivity index (χ2n) is 14.1. The molecule has 0 unspecified atom stereocenters. The highest BCUT2D eigenvalue weighted by Gasteiger charge is 2.54. The predicted octanol–water partition coefficient (Wildman–Crippen LogP) is 8.92. The normalized spacial score (nSPS) is 29.0. The first-order valence-corrected chi connectivity index (χ1v) is 23.1. The van der Waals surface area contributed by atoms with Crippen molar-refractivity contribution >= 4 is 40.5 Å². The molecular formula is C32H46OSi3. The van der Waals surface area contributed by atoms with Crippen molar-refractivity contribution in [3.63, 3.8) is 0 Å². The van der Waals surface area contributed by atoms with Crippen LogP contribution in [0, 0.1) is 23.2 Å². The second kappa shape index (κ2) is 9.67. The summed E-state index contributed by atoms with van der Waals surface area (Å²) in [4.78, 5) is 0. The van der Waals surface area contributed by atoms with E-state index in [2.05, 4.69) is 106 Å². The zero-order chi connectivity index (χ0) is 25.7. The van der Waals surface area contributed by atoms with Gasteiger partial charge in [0.15, 0.2) is 0 Å². The Labute approximate surface area is 223 Å². The molecule has 2 aromatic rings. The van der Waals surface area contributed by atoms with Crippen molar-refractivity contribution in [2.75, 3.05) is 0 Å². The van der Waals surface area contributed by atoms with Gasteiger partial charge in [0.05, 0.1) is 21.8 Å². The van der Waals surface area contributed by atoms with E-state index in [1.54, 1.807) is 15.7 Å². The maximum absolute atomic E-state index is 7.37. The van der Waals surface area contributed by atoms with Crippen LogP contribution >= 0.6 is 0 Å². The van der Waals surface area contributed by atoms with Gasteiger partial charge in [0.25, 0.3) is 0 Å². The summed E-state index contributed by atoms with van der Waals surface area (Å²) < 4.78 is 7.37. The molecule has 4 heteroatoms. The van der Waals surface area contributed by atoms with Crippen LogP contribution in [-0.4, -0.2) is 30.2 Å². The summed E-state index contributed by atoms with van der Waals surface area (Å²) in [5.41, 5.74) is 3.17. The molecule has 36 heavy (non-hydrogen) atoms. The highest BCUT2D eigenvalue weighted by molar-refractivity contribution is 7.01. The molecule has 0 aliphatic heterocycles. The van der Waals surface area contributed by atoms with Gasteiger partial charge in [0, 0.05) is 5.41 Å². The van der Waals surface area contributed by atoms with Gasteiger partial charge in [0.1, 0.15) is 0 Å². The highest BCUT2D eigenvalue weighted by atomic mass is 28.4. The maximum atomic E-state index is 7.37. The lowest BCUT2D eigenvalue weighted by atomic mass is 9.50. The predicted molar refractivity (Wildman–Crippen MR) is 165 cm³/mol. The minimum Gasteiger partial charge on any atom is -0.551 e. The van der Waals surface area contributed by atoms with Gasteiger partial charge in [0.2, 0.25) is 8.32 Å². The quantitative estimate of drug-likeness (QED) is 0.256. The summed E-state index contributed by atoms with van der Waals surface area (Å²) in [6.45, 7) is 17.4. The molecule has 0 atom stereocenters. The Hall–Kier alpha value is -1.50. The van der Waals surface area contributed by atoms with Gasteiger partial charge in [-0.15, -0.1) is 0 Å². The van der Waals surface area contributed by atoms with Crippen LogP contribution < -0.4 is 0 Å². The fourth-order valence-corrected chi connectivity index (χ4v) is 16.5. The average molecular weight is 531 g/mol. The summed E-state index contributed by atoms with van der Waals surface area (Å²) >= 11 is 0. The molecular weight excluding hydrogens is 485 g/mol. The van der Waals surface area contributed by atoms with Crippen LogP contribution in [0.1, 0.15) is 49.7 Å². The molecule has 4 aliphatic rings. The summed E-state index contributed by atoms with van der Waals surface area (Å²) in [5.74, 6) is 2.79. The lowest BCUT2D eigenvalue weighted by Gasteiger charge is -2.58. The van der Waals surface area contributed by atoms with Gasteiger partial charge in [-0.05, 0) is 104 Å². The molecule has 0 amide bonds. The fourth-order valence-electron chi connectivity index (χ4n) is 8.10. The molecule has 0 heterocycles. The first-order chi connectivity index (χ1) is 17.0. The van der Waals surface area contributed by atoms with Gasteiger partial charge in [-0.25, -0.2) is 0 Å². The largest absolute Gasteiger partial charge is 0.551 e. The molecule has 4 bridgehead atoms. The molecule has 1 nitrogen and oxygen atoms in total. The summed E-state index contributed by atoms with van der Waals surface area (Å²) in [7, 11) is -4.54. The molecule has 4 aliphatic carbocycles. The van der Waals surface area contributed by atoms with Crippen LogP contribution in [0.3, 0.4) is 0 Å². The van der Waals surface area contributed by atoms with Crippen molar-refractivity contribution in [2.24, 2.45) is 23.2 Å². The smallest absolute Gasteiger partial charge is 0.241 e. The third-order valence-electron chi connectivity index (χ3n) is 8.77. The van der Waals surface area contributed by atoms with Crippen molar-refractivity contribution in [3.05, 3.63) is 71.8 Å². The number of benzene rings is 2. The zero-order valence-electron chi connectivity index (χ0n) is 23.7. The van der Waals surface area contributed by atoms with Crippen LogP contribution in [0.25, 0.3) is 10.4 Å². The van der Waals surface area contributed by atoms with Gasteiger partial charge < -0.3 is 4.43 Å². The Morgan fingerprint density at radius 2 is 1.17 bits per heavy atom. The van der Waals surface area contributed by atoms with Gasteiger partial charge >= 0.3 is 0 Å².